The van der Waals surface area contributed by atoms with Gasteiger partial charge in [-0.15, -0.1) is 10.2 Å². The van der Waals surface area contributed by atoms with Gasteiger partial charge < -0.3 is 11.1 Å². The van der Waals surface area contributed by atoms with Crippen LogP contribution in [0.4, 0.5) is 0 Å². The van der Waals surface area contributed by atoms with Gasteiger partial charge in [-0.25, -0.2) is 0 Å². The zero-order chi connectivity index (χ0) is 18.7. The smallest absolute Gasteiger partial charge is 0.147 e. The number of benzene rings is 2. The van der Waals surface area contributed by atoms with Gasteiger partial charge in [-0.2, -0.15) is 0 Å². The second kappa shape index (κ2) is 7.52. The van der Waals surface area contributed by atoms with Crippen molar-refractivity contribution in [3.8, 4) is 10.6 Å². The normalized spacial score (nSPS) is 13.6. The van der Waals surface area contributed by atoms with Gasteiger partial charge in [0, 0.05) is 29.9 Å². The molecule has 1 atom stereocenters. The molecule has 5 nitrogen and oxygen atoms in total. The molecule has 0 aliphatic rings. The van der Waals surface area contributed by atoms with Gasteiger partial charge in [0.15, 0.2) is 0 Å². The summed E-state index contributed by atoms with van der Waals surface area (Å²) in [7, 11) is 1.91. The molecule has 1 unspecified atom stereocenters. The summed E-state index contributed by atoms with van der Waals surface area (Å²) in [6.07, 6.45) is 4.37. The molecule has 6 heteroatoms. The highest BCUT2D eigenvalue weighted by Gasteiger charge is 2.31. The molecule has 136 valence electrons. The van der Waals surface area contributed by atoms with Crippen molar-refractivity contribution in [2.24, 2.45) is 5.73 Å². The van der Waals surface area contributed by atoms with Crippen molar-refractivity contribution >= 4 is 22.1 Å². The van der Waals surface area contributed by atoms with Crippen molar-refractivity contribution < 1.29 is 0 Å². The molecule has 2 aromatic heterocycles. The van der Waals surface area contributed by atoms with Crippen molar-refractivity contribution in [2.45, 2.75) is 12.0 Å². The van der Waals surface area contributed by atoms with Gasteiger partial charge in [-0.05, 0) is 36.6 Å². The monoisotopic (exact) mass is 375 g/mol. The molecule has 0 radical (unpaired) electrons. The third kappa shape index (κ3) is 3.73. The number of hydrogen-bond donors (Lipinski definition) is 2. The van der Waals surface area contributed by atoms with E-state index >= 15 is 0 Å². The molecule has 3 N–H and O–H groups in total. The number of fused-ring (bicyclic) bond motifs is 1. The third-order valence-corrected chi connectivity index (χ3v) is 5.79. The van der Waals surface area contributed by atoms with E-state index in [0.29, 0.717) is 13.0 Å². The molecule has 2 aromatic carbocycles. The van der Waals surface area contributed by atoms with Crippen LogP contribution < -0.4 is 11.1 Å². The van der Waals surface area contributed by atoms with Crippen LogP contribution in [-0.2, 0) is 12.0 Å². The number of likely N-dealkylation sites (N-methyl/N-ethyl adjacent to an activating group) is 1. The van der Waals surface area contributed by atoms with E-state index < -0.39 is 5.54 Å². The third-order valence-electron chi connectivity index (χ3n) is 4.59. The van der Waals surface area contributed by atoms with Crippen molar-refractivity contribution in [2.75, 3.05) is 13.6 Å². The summed E-state index contributed by atoms with van der Waals surface area (Å²) in [6, 6.07) is 18.5. The maximum absolute atomic E-state index is 6.78. The molecule has 0 aliphatic heterocycles. The van der Waals surface area contributed by atoms with Crippen molar-refractivity contribution in [1.82, 2.24) is 20.5 Å². The van der Waals surface area contributed by atoms with E-state index in [1.165, 1.54) is 5.56 Å². The Kier molecular flexibility index (Phi) is 4.94. The van der Waals surface area contributed by atoms with Crippen LogP contribution in [0.1, 0.15) is 10.6 Å². The van der Waals surface area contributed by atoms with Crippen LogP contribution in [0.25, 0.3) is 21.3 Å². The summed E-state index contributed by atoms with van der Waals surface area (Å²) >= 11 is 1.56. The van der Waals surface area contributed by atoms with Crippen LogP contribution >= 0.6 is 11.3 Å². The Labute approximate surface area is 162 Å². The Morgan fingerprint density at radius 3 is 2.70 bits per heavy atom. The number of pyridine rings is 1. The van der Waals surface area contributed by atoms with Crippen LogP contribution in [0, 0.1) is 0 Å². The zero-order valence-electron chi connectivity index (χ0n) is 15.1. The van der Waals surface area contributed by atoms with E-state index in [2.05, 4.69) is 50.8 Å². The fraction of sp³-hybridized carbons (Fsp3) is 0.190. The molecule has 0 spiro atoms. The average Bonchev–Trinajstić information content (AvgIpc) is 3.20. The highest BCUT2D eigenvalue weighted by molar-refractivity contribution is 7.14. The fourth-order valence-electron chi connectivity index (χ4n) is 3.25. The fourth-order valence-corrected chi connectivity index (χ4v) is 4.19. The van der Waals surface area contributed by atoms with Crippen LogP contribution in [0.3, 0.4) is 0 Å². The van der Waals surface area contributed by atoms with Crippen molar-refractivity contribution in [3.63, 3.8) is 0 Å². The summed E-state index contributed by atoms with van der Waals surface area (Å²) in [5.74, 6) is 0. The lowest BCUT2D eigenvalue weighted by Gasteiger charge is -2.26. The Bertz CT molecular complexity index is 1050. The Hall–Kier alpha value is -2.67. The Morgan fingerprint density at radius 2 is 1.89 bits per heavy atom. The molecule has 0 bridgehead atoms. The number of rotatable bonds is 6. The standard InChI is InChI=1S/C21H21N5S/c1-23-14-21(22,12-15-5-3-2-4-6-15)20-26-25-19(27-20)17-7-8-18-13-24-10-9-16(18)11-17/h2-11,13,23H,12,14,22H2,1H3. The molecular weight excluding hydrogens is 354 g/mol. The first kappa shape index (κ1) is 17.7. The molecule has 4 aromatic rings. The Balaban J connectivity index is 1.67. The lowest BCUT2D eigenvalue weighted by molar-refractivity contribution is 0.416. The van der Waals surface area contributed by atoms with Gasteiger partial charge in [0.05, 0.1) is 5.54 Å². The predicted octanol–water partition coefficient (Wildman–Crippen LogP) is 3.37. The topological polar surface area (TPSA) is 76.7 Å². The van der Waals surface area contributed by atoms with Crippen LogP contribution in [0.5, 0.6) is 0 Å². The van der Waals surface area contributed by atoms with Gasteiger partial charge in [0.1, 0.15) is 10.0 Å². The largest absolute Gasteiger partial charge is 0.318 e. The molecule has 2 heterocycles. The van der Waals surface area contributed by atoms with E-state index in [4.69, 9.17) is 5.73 Å². The average molecular weight is 376 g/mol. The van der Waals surface area contributed by atoms with Gasteiger partial charge in [0.25, 0.3) is 0 Å². The zero-order valence-corrected chi connectivity index (χ0v) is 15.9. The SMILES string of the molecule is CNCC(N)(Cc1ccccc1)c1nnc(-c2ccc3cnccc3c2)s1. The lowest BCUT2D eigenvalue weighted by atomic mass is 9.92. The van der Waals surface area contributed by atoms with E-state index in [1.54, 1.807) is 17.5 Å². The summed E-state index contributed by atoms with van der Waals surface area (Å²) < 4.78 is 0. The van der Waals surface area contributed by atoms with Crippen molar-refractivity contribution in [3.05, 3.63) is 77.6 Å². The molecule has 0 aliphatic carbocycles. The molecule has 0 fully saturated rings. The number of hydrogen-bond acceptors (Lipinski definition) is 6. The number of nitrogens with zero attached hydrogens (tertiary/aromatic N) is 3. The molecule has 0 amide bonds. The van der Waals surface area contributed by atoms with E-state index in [9.17, 15) is 0 Å². The first-order chi connectivity index (χ1) is 13.2. The minimum Gasteiger partial charge on any atom is -0.318 e. The maximum atomic E-state index is 6.78. The van der Waals surface area contributed by atoms with Gasteiger partial charge in [0.2, 0.25) is 0 Å². The number of nitrogens with one attached hydrogen (secondary N) is 1. The maximum Gasteiger partial charge on any atom is 0.147 e. The highest BCUT2D eigenvalue weighted by atomic mass is 32.1. The summed E-state index contributed by atoms with van der Waals surface area (Å²) in [5, 5.41) is 16.0. The summed E-state index contributed by atoms with van der Waals surface area (Å²) in [4.78, 5) is 4.16. The molecule has 0 saturated heterocycles. The molecule has 0 saturated carbocycles. The first-order valence-corrected chi connectivity index (χ1v) is 9.65. The van der Waals surface area contributed by atoms with Gasteiger partial charge in [-0.1, -0.05) is 53.8 Å². The molecular formula is C21H21N5S. The van der Waals surface area contributed by atoms with E-state index in [1.807, 2.05) is 37.5 Å². The summed E-state index contributed by atoms with van der Waals surface area (Å²) in [6.45, 7) is 0.625. The molecule has 27 heavy (non-hydrogen) atoms. The minimum atomic E-state index is -0.604. The second-order valence-electron chi connectivity index (χ2n) is 6.70. The van der Waals surface area contributed by atoms with Crippen LogP contribution in [-0.4, -0.2) is 28.8 Å². The second-order valence-corrected chi connectivity index (χ2v) is 7.68. The van der Waals surface area contributed by atoms with Gasteiger partial charge in [-0.3, -0.25) is 4.98 Å². The quantitative estimate of drug-likeness (QED) is 0.540. The van der Waals surface area contributed by atoms with E-state index in [-0.39, 0.29) is 0 Å². The van der Waals surface area contributed by atoms with Gasteiger partial charge >= 0.3 is 0 Å². The minimum absolute atomic E-state index is 0.604. The summed E-state index contributed by atoms with van der Waals surface area (Å²) in [5.41, 5.74) is 8.41. The predicted molar refractivity (Wildman–Crippen MR) is 111 cm³/mol. The number of aromatic nitrogens is 3. The first-order valence-electron chi connectivity index (χ1n) is 8.83. The highest BCUT2D eigenvalue weighted by Crippen LogP contribution is 2.32. The van der Waals surface area contributed by atoms with E-state index in [0.717, 1.165) is 26.4 Å². The lowest BCUT2D eigenvalue weighted by Crippen LogP contribution is -2.47. The van der Waals surface area contributed by atoms with Crippen LogP contribution in [0.15, 0.2) is 67.0 Å². The molecule has 4 rings (SSSR count). The van der Waals surface area contributed by atoms with Crippen LogP contribution in [0.2, 0.25) is 0 Å². The number of nitrogens with two attached hydrogens (primary N) is 1. The van der Waals surface area contributed by atoms with Crippen molar-refractivity contribution in [1.29, 1.82) is 0 Å². The Morgan fingerprint density at radius 1 is 1.04 bits per heavy atom.